The summed E-state index contributed by atoms with van der Waals surface area (Å²) in [5.41, 5.74) is -0.367. The van der Waals surface area contributed by atoms with Gasteiger partial charge in [0, 0.05) is 38.2 Å². The molecule has 0 radical (unpaired) electrons. The third-order valence-corrected chi connectivity index (χ3v) is 5.42. The maximum absolute atomic E-state index is 12.5. The molecule has 2 aromatic rings. The summed E-state index contributed by atoms with van der Waals surface area (Å²) < 4.78 is 34.0. The number of benzene rings is 1. The highest BCUT2D eigenvalue weighted by atomic mass is 32.2. The molecule has 1 aliphatic heterocycles. The van der Waals surface area contributed by atoms with Crippen LogP contribution >= 0.6 is 0 Å². The molecule has 1 amide bonds. The van der Waals surface area contributed by atoms with Gasteiger partial charge in [0.15, 0.2) is 0 Å². The summed E-state index contributed by atoms with van der Waals surface area (Å²) in [6, 6.07) is 3.32. The number of nitro groups is 1. The molecular formula is C14H16N6O6S. The van der Waals surface area contributed by atoms with Crippen molar-refractivity contribution >= 4 is 21.6 Å². The number of hydrogen-bond donors (Lipinski definition) is 2. The third-order valence-electron chi connectivity index (χ3n) is 3.94. The fourth-order valence-corrected chi connectivity index (χ4v) is 3.87. The summed E-state index contributed by atoms with van der Waals surface area (Å²) in [6.45, 7) is 0.899. The number of carbonyl (C=O) groups excluding carboxylic acids is 1. The highest BCUT2D eigenvalue weighted by Crippen LogP contribution is 2.27. The van der Waals surface area contributed by atoms with Crippen LogP contribution in [0.25, 0.3) is 0 Å². The number of ether oxygens (including phenoxy) is 1. The summed E-state index contributed by atoms with van der Waals surface area (Å²) >= 11 is 0. The normalized spacial score (nSPS) is 13.7. The molecule has 1 aromatic carbocycles. The van der Waals surface area contributed by atoms with Crippen LogP contribution in [0.2, 0.25) is 0 Å². The first-order chi connectivity index (χ1) is 12.8. The second-order valence-corrected chi connectivity index (χ2v) is 7.32. The molecule has 12 nitrogen and oxygen atoms in total. The molecule has 0 unspecified atom stereocenters. The molecule has 0 saturated carbocycles. The van der Waals surface area contributed by atoms with E-state index in [1.165, 1.54) is 13.2 Å². The Labute approximate surface area is 153 Å². The largest absolute Gasteiger partial charge is 0.495 e. The smallest absolute Gasteiger partial charge is 0.289 e. The van der Waals surface area contributed by atoms with Crippen molar-refractivity contribution < 1.29 is 22.9 Å². The standard InChI is InChI=1S/C14H16N6O6S/c1-26-10-3-2-9(20(22)23)8-11(10)27(24,25)16-5-4-12-17-18-13-14(21)15-6-7-19(12)13/h2-3,8,16H,4-7H2,1H3,(H,15,21). The van der Waals surface area contributed by atoms with Gasteiger partial charge < -0.3 is 14.6 Å². The van der Waals surface area contributed by atoms with Gasteiger partial charge in [-0.2, -0.15) is 0 Å². The Kier molecular flexibility index (Phi) is 5.05. The molecule has 2 N–H and O–H groups in total. The van der Waals surface area contributed by atoms with Gasteiger partial charge >= 0.3 is 0 Å². The summed E-state index contributed by atoms with van der Waals surface area (Å²) in [4.78, 5) is 21.6. The Balaban J connectivity index is 1.75. The second kappa shape index (κ2) is 7.28. The molecule has 2 heterocycles. The average Bonchev–Trinajstić information content (AvgIpc) is 3.05. The number of nitrogens with zero attached hydrogens (tertiary/aromatic N) is 4. The third kappa shape index (κ3) is 3.73. The van der Waals surface area contributed by atoms with E-state index in [2.05, 4.69) is 20.2 Å². The van der Waals surface area contributed by atoms with Gasteiger partial charge in [0.25, 0.3) is 11.6 Å². The highest BCUT2D eigenvalue weighted by molar-refractivity contribution is 7.89. The van der Waals surface area contributed by atoms with Crippen molar-refractivity contribution in [1.29, 1.82) is 0 Å². The molecule has 0 fully saturated rings. The fourth-order valence-electron chi connectivity index (χ4n) is 2.65. The van der Waals surface area contributed by atoms with E-state index in [4.69, 9.17) is 4.74 Å². The first kappa shape index (κ1) is 18.7. The van der Waals surface area contributed by atoms with Crippen LogP contribution in [0.3, 0.4) is 0 Å². The van der Waals surface area contributed by atoms with E-state index in [0.29, 0.717) is 18.9 Å². The van der Waals surface area contributed by atoms with Crippen molar-refractivity contribution in [2.24, 2.45) is 0 Å². The second-order valence-electron chi connectivity index (χ2n) is 5.59. The molecule has 13 heteroatoms. The summed E-state index contributed by atoms with van der Waals surface area (Å²) in [6.07, 6.45) is 0.191. The van der Waals surface area contributed by atoms with Crippen LogP contribution in [0.1, 0.15) is 16.4 Å². The number of rotatable bonds is 7. The van der Waals surface area contributed by atoms with Gasteiger partial charge in [0.2, 0.25) is 15.8 Å². The van der Waals surface area contributed by atoms with Crippen molar-refractivity contribution in [3.05, 3.63) is 40.0 Å². The van der Waals surface area contributed by atoms with Crippen LogP contribution in [0, 0.1) is 10.1 Å². The number of sulfonamides is 1. The fraction of sp³-hybridized carbons (Fsp3) is 0.357. The molecule has 144 valence electrons. The van der Waals surface area contributed by atoms with E-state index < -0.39 is 14.9 Å². The minimum atomic E-state index is -4.06. The molecule has 1 aliphatic rings. The predicted molar refractivity (Wildman–Crippen MR) is 90.9 cm³/mol. The van der Waals surface area contributed by atoms with Crippen molar-refractivity contribution in [3.63, 3.8) is 0 Å². The molecule has 27 heavy (non-hydrogen) atoms. The predicted octanol–water partition coefficient (Wildman–Crippen LogP) is -0.541. The Bertz CT molecular complexity index is 1000. The van der Waals surface area contributed by atoms with Crippen molar-refractivity contribution in [3.8, 4) is 5.75 Å². The van der Waals surface area contributed by atoms with E-state index in [1.807, 2.05) is 0 Å². The van der Waals surface area contributed by atoms with Crippen LogP contribution in [0.4, 0.5) is 5.69 Å². The van der Waals surface area contributed by atoms with E-state index in [-0.39, 0.29) is 41.0 Å². The lowest BCUT2D eigenvalue weighted by Gasteiger charge is -2.15. The SMILES string of the molecule is COc1ccc([N+](=O)[O-])cc1S(=O)(=O)NCCc1nnc2n1CCNC2=O. The lowest BCUT2D eigenvalue weighted by molar-refractivity contribution is -0.385. The van der Waals surface area contributed by atoms with E-state index in [1.54, 1.807) is 4.57 Å². The monoisotopic (exact) mass is 396 g/mol. The number of fused-ring (bicyclic) bond motifs is 1. The summed E-state index contributed by atoms with van der Waals surface area (Å²) in [7, 11) is -2.79. The topological polar surface area (TPSA) is 158 Å². The molecular weight excluding hydrogens is 380 g/mol. The van der Waals surface area contributed by atoms with Gasteiger partial charge in [-0.25, -0.2) is 13.1 Å². The quantitative estimate of drug-likeness (QED) is 0.466. The van der Waals surface area contributed by atoms with Crippen LogP contribution < -0.4 is 14.8 Å². The Morgan fingerprint density at radius 1 is 1.41 bits per heavy atom. The Morgan fingerprint density at radius 2 is 2.19 bits per heavy atom. The number of non-ortho nitro benzene ring substituents is 1. The van der Waals surface area contributed by atoms with Gasteiger partial charge in [-0.15, -0.1) is 10.2 Å². The van der Waals surface area contributed by atoms with Crippen LogP contribution in [0.15, 0.2) is 23.1 Å². The molecule has 1 aromatic heterocycles. The number of aromatic nitrogens is 3. The van der Waals surface area contributed by atoms with Crippen LogP contribution in [-0.4, -0.2) is 54.2 Å². The van der Waals surface area contributed by atoms with Gasteiger partial charge in [-0.3, -0.25) is 14.9 Å². The Morgan fingerprint density at radius 3 is 2.89 bits per heavy atom. The highest BCUT2D eigenvalue weighted by Gasteiger charge is 2.25. The van der Waals surface area contributed by atoms with E-state index in [9.17, 15) is 23.3 Å². The van der Waals surface area contributed by atoms with Gasteiger partial charge in [-0.05, 0) is 6.07 Å². The number of hydrogen-bond acceptors (Lipinski definition) is 8. The first-order valence-electron chi connectivity index (χ1n) is 7.86. The first-order valence-corrected chi connectivity index (χ1v) is 9.34. The Hall–Kier alpha value is -3.06. The molecule has 0 spiro atoms. The van der Waals surface area contributed by atoms with Crippen molar-refractivity contribution in [2.45, 2.75) is 17.9 Å². The number of nitro benzene ring substituents is 1. The zero-order chi connectivity index (χ0) is 19.6. The van der Waals surface area contributed by atoms with Gasteiger partial charge in [0.1, 0.15) is 16.5 Å². The van der Waals surface area contributed by atoms with Crippen LogP contribution in [-0.2, 0) is 23.0 Å². The number of carbonyl (C=O) groups is 1. The number of methoxy groups -OCH3 is 1. The van der Waals surface area contributed by atoms with Crippen molar-refractivity contribution in [2.75, 3.05) is 20.2 Å². The van der Waals surface area contributed by atoms with E-state index >= 15 is 0 Å². The minimum absolute atomic E-state index is 0.00960. The molecule has 0 saturated heterocycles. The zero-order valence-electron chi connectivity index (χ0n) is 14.2. The summed E-state index contributed by atoms with van der Waals surface area (Å²) in [5, 5.41) is 21.3. The molecule has 0 aliphatic carbocycles. The lowest BCUT2D eigenvalue weighted by atomic mass is 10.3. The van der Waals surface area contributed by atoms with Crippen LogP contribution in [0.5, 0.6) is 5.75 Å². The molecule has 0 bridgehead atoms. The average molecular weight is 396 g/mol. The minimum Gasteiger partial charge on any atom is -0.495 e. The van der Waals surface area contributed by atoms with Gasteiger partial charge in [-0.1, -0.05) is 0 Å². The maximum atomic E-state index is 12.5. The van der Waals surface area contributed by atoms with Crippen molar-refractivity contribution in [1.82, 2.24) is 24.8 Å². The molecule has 0 atom stereocenters. The lowest BCUT2D eigenvalue weighted by Crippen LogP contribution is -2.36. The maximum Gasteiger partial charge on any atom is 0.289 e. The molecule has 3 rings (SSSR count). The zero-order valence-corrected chi connectivity index (χ0v) is 15.0. The summed E-state index contributed by atoms with van der Waals surface area (Å²) in [5.74, 6) is 0.305. The van der Waals surface area contributed by atoms with E-state index in [0.717, 1.165) is 12.1 Å². The van der Waals surface area contributed by atoms with Gasteiger partial charge in [0.05, 0.1) is 12.0 Å². The number of nitrogens with one attached hydrogen (secondary N) is 2. The number of amides is 1.